The number of hydrogen-bond donors (Lipinski definition) is 1. The molecule has 0 atom stereocenters. The predicted molar refractivity (Wildman–Crippen MR) is 55.8 cm³/mol. The Morgan fingerprint density at radius 3 is 2.93 bits per heavy atom. The SMILES string of the molecule is O=Cc1cccc(NC(=O)CCCl)c1. The van der Waals surface area contributed by atoms with Gasteiger partial charge in [0.1, 0.15) is 6.29 Å². The lowest BCUT2D eigenvalue weighted by atomic mass is 10.2. The zero-order chi connectivity index (χ0) is 10.4. The Kier molecular flexibility index (Phi) is 4.13. The Balaban J connectivity index is 2.66. The molecule has 1 N–H and O–H groups in total. The third-order valence-corrected chi connectivity index (χ3v) is 1.82. The summed E-state index contributed by atoms with van der Waals surface area (Å²) in [6.45, 7) is 0. The summed E-state index contributed by atoms with van der Waals surface area (Å²) >= 11 is 5.40. The van der Waals surface area contributed by atoms with Crippen molar-refractivity contribution >= 4 is 29.5 Å². The van der Waals surface area contributed by atoms with Crippen LogP contribution < -0.4 is 5.32 Å². The monoisotopic (exact) mass is 211 g/mol. The molecular weight excluding hydrogens is 202 g/mol. The molecule has 0 fully saturated rings. The first-order valence-corrected chi connectivity index (χ1v) is 4.71. The second-order valence-electron chi connectivity index (χ2n) is 2.73. The van der Waals surface area contributed by atoms with E-state index >= 15 is 0 Å². The molecule has 1 aromatic rings. The summed E-state index contributed by atoms with van der Waals surface area (Å²) in [5.74, 6) is 0.141. The number of alkyl halides is 1. The van der Waals surface area contributed by atoms with Crippen LogP contribution in [0.15, 0.2) is 24.3 Å². The number of halogens is 1. The van der Waals surface area contributed by atoms with Crippen molar-refractivity contribution in [3.63, 3.8) is 0 Å². The van der Waals surface area contributed by atoms with Gasteiger partial charge in [-0.05, 0) is 12.1 Å². The van der Waals surface area contributed by atoms with Gasteiger partial charge in [0, 0.05) is 23.6 Å². The van der Waals surface area contributed by atoms with Crippen molar-refractivity contribution < 1.29 is 9.59 Å². The third-order valence-electron chi connectivity index (χ3n) is 1.63. The molecule has 0 aliphatic heterocycles. The summed E-state index contributed by atoms with van der Waals surface area (Å²) in [6.07, 6.45) is 1.00. The molecule has 74 valence electrons. The maximum absolute atomic E-state index is 11.1. The van der Waals surface area contributed by atoms with Crippen molar-refractivity contribution in [2.24, 2.45) is 0 Å². The number of hydrogen-bond acceptors (Lipinski definition) is 2. The topological polar surface area (TPSA) is 46.2 Å². The van der Waals surface area contributed by atoms with Crippen LogP contribution in [-0.2, 0) is 4.79 Å². The van der Waals surface area contributed by atoms with Gasteiger partial charge in [-0.15, -0.1) is 11.6 Å². The van der Waals surface area contributed by atoms with Gasteiger partial charge >= 0.3 is 0 Å². The molecule has 0 unspecified atom stereocenters. The molecule has 3 nitrogen and oxygen atoms in total. The van der Waals surface area contributed by atoms with Crippen molar-refractivity contribution in [3.05, 3.63) is 29.8 Å². The first-order chi connectivity index (χ1) is 6.76. The van der Waals surface area contributed by atoms with E-state index in [1.165, 1.54) is 0 Å². The van der Waals surface area contributed by atoms with Crippen LogP contribution in [0.2, 0.25) is 0 Å². The van der Waals surface area contributed by atoms with Crippen LogP contribution >= 0.6 is 11.6 Å². The van der Waals surface area contributed by atoms with Crippen LogP contribution in [0.1, 0.15) is 16.8 Å². The van der Waals surface area contributed by atoms with Gasteiger partial charge in [0.05, 0.1) is 0 Å². The van der Waals surface area contributed by atoms with E-state index in [0.717, 1.165) is 6.29 Å². The fourth-order valence-corrected chi connectivity index (χ4v) is 1.17. The fraction of sp³-hybridized carbons (Fsp3) is 0.200. The molecule has 0 heterocycles. The van der Waals surface area contributed by atoms with Gasteiger partial charge in [0.25, 0.3) is 0 Å². The smallest absolute Gasteiger partial charge is 0.225 e. The summed E-state index contributed by atoms with van der Waals surface area (Å²) in [5, 5.41) is 2.64. The summed E-state index contributed by atoms with van der Waals surface area (Å²) in [5.41, 5.74) is 1.15. The highest BCUT2D eigenvalue weighted by Gasteiger charge is 2.01. The number of anilines is 1. The highest BCUT2D eigenvalue weighted by Crippen LogP contribution is 2.09. The minimum Gasteiger partial charge on any atom is -0.326 e. The van der Waals surface area contributed by atoms with E-state index in [2.05, 4.69) is 5.32 Å². The van der Waals surface area contributed by atoms with Crippen LogP contribution in [0.25, 0.3) is 0 Å². The lowest BCUT2D eigenvalue weighted by Crippen LogP contribution is -2.11. The highest BCUT2D eigenvalue weighted by molar-refractivity contribution is 6.19. The van der Waals surface area contributed by atoms with E-state index < -0.39 is 0 Å². The molecule has 4 heteroatoms. The Bertz CT molecular complexity index is 339. The minimum absolute atomic E-state index is 0.150. The summed E-state index contributed by atoms with van der Waals surface area (Å²) in [7, 11) is 0. The molecule has 14 heavy (non-hydrogen) atoms. The van der Waals surface area contributed by atoms with Gasteiger partial charge in [-0.3, -0.25) is 9.59 Å². The molecule has 0 aromatic heterocycles. The molecule has 0 aliphatic carbocycles. The standard InChI is InChI=1S/C10H10ClNO2/c11-5-4-10(14)12-9-3-1-2-8(6-9)7-13/h1-3,6-7H,4-5H2,(H,12,14). The summed E-state index contributed by atoms with van der Waals surface area (Å²) in [6, 6.07) is 6.71. The average molecular weight is 212 g/mol. The van der Waals surface area contributed by atoms with Crippen molar-refractivity contribution in [1.29, 1.82) is 0 Å². The third kappa shape index (κ3) is 3.18. The van der Waals surface area contributed by atoms with Crippen LogP contribution in [0.5, 0.6) is 0 Å². The van der Waals surface area contributed by atoms with Gasteiger partial charge < -0.3 is 5.32 Å². The number of benzene rings is 1. The second kappa shape index (κ2) is 5.40. The molecule has 0 aliphatic rings. The number of nitrogens with one attached hydrogen (secondary N) is 1. The second-order valence-corrected chi connectivity index (χ2v) is 3.11. The molecule has 0 bridgehead atoms. The van der Waals surface area contributed by atoms with Crippen molar-refractivity contribution in [2.45, 2.75) is 6.42 Å². The number of carbonyl (C=O) groups excluding carboxylic acids is 2. The molecule has 0 radical (unpaired) electrons. The Hall–Kier alpha value is -1.35. The molecular formula is C10H10ClNO2. The van der Waals surface area contributed by atoms with Crippen LogP contribution in [0.3, 0.4) is 0 Å². The van der Waals surface area contributed by atoms with E-state index in [1.807, 2.05) is 0 Å². The molecule has 1 amide bonds. The normalized spacial score (nSPS) is 9.50. The number of aldehydes is 1. The molecule has 1 aromatic carbocycles. The Labute approximate surface area is 87.1 Å². The number of rotatable bonds is 4. The zero-order valence-electron chi connectivity index (χ0n) is 7.50. The first kappa shape index (κ1) is 10.7. The van der Waals surface area contributed by atoms with E-state index in [9.17, 15) is 9.59 Å². The van der Waals surface area contributed by atoms with Crippen LogP contribution in [-0.4, -0.2) is 18.1 Å². The molecule has 0 saturated heterocycles. The fourth-order valence-electron chi connectivity index (χ4n) is 0.999. The summed E-state index contributed by atoms with van der Waals surface area (Å²) < 4.78 is 0. The lowest BCUT2D eigenvalue weighted by molar-refractivity contribution is -0.115. The predicted octanol–water partition coefficient (Wildman–Crippen LogP) is 2.07. The lowest BCUT2D eigenvalue weighted by Gasteiger charge is -2.03. The largest absolute Gasteiger partial charge is 0.326 e. The summed E-state index contributed by atoms with van der Waals surface area (Å²) in [4.78, 5) is 21.6. The van der Waals surface area contributed by atoms with Crippen LogP contribution in [0, 0.1) is 0 Å². The van der Waals surface area contributed by atoms with Gasteiger partial charge in [-0.2, -0.15) is 0 Å². The number of carbonyl (C=O) groups is 2. The van der Waals surface area contributed by atoms with Gasteiger partial charge in [-0.25, -0.2) is 0 Å². The maximum Gasteiger partial charge on any atom is 0.225 e. The quantitative estimate of drug-likeness (QED) is 0.612. The van der Waals surface area contributed by atoms with Crippen molar-refractivity contribution in [1.82, 2.24) is 0 Å². The van der Waals surface area contributed by atoms with Gasteiger partial charge in [-0.1, -0.05) is 12.1 Å². The first-order valence-electron chi connectivity index (χ1n) is 4.17. The maximum atomic E-state index is 11.1. The van der Waals surface area contributed by atoms with E-state index in [1.54, 1.807) is 24.3 Å². The Morgan fingerprint density at radius 2 is 2.29 bits per heavy atom. The van der Waals surface area contributed by atoms with Gasteiger partial charge in [0.15, 0.2) is 0 Å². The number of amides is 1. The molecule has 0 spiro atoms. The van der Waals surface area contributed by atoms with Crippen molar-refractivity contribution in [2.75, 3.05) is 11.2 Å². The highest BCUT2D eigenvalue weighted by atomic mass is 35.5. The van der Waals surface area contributed by atoms with E-state index in [4.69, 9.17) is 11.6 Å². The zero-order valence-corrected chi connectivity index (χ0v) is 8.25. The Morgan fingerprint density at radius 1 is 1.50 bits per heavy atom. The van der Waals surface area contributed by atoms with Gasteiger partial charge in [0.2, 0.25) is 5.91 Å². The molecule has 1 rings (SSSR count). The van der Waals surface area contributed by atoms with Crippen molar-refractivity contribution in [3.8, 4) is 0 Å². The van der Waals surface area contributed by atoms with E-state index in [-0.39, 0.29) is 12.3 Å². The molecule has 0 saturated carbocycles. The van der Waals surface area contributed by atoms with Crippen LogP contribution in [0.4, 0.5) is 5.69 Å². The minimum atomic E-state index is -0.150. The van der Waals surface area contributed by atoms with E-state index in [0.29, 0.717) is 17.1 Å². The average Bonchev–Trinajstić information content (AvgIpc) is 2.18.